The number of nitrogens with zero attached hydrogens (tertiary/aromatic N) is 5. The maximum absolute atomic E-state index is 14.2. The summed E-state index contributed by atoms with van der Waals surface area (Å²) in [5.41, 5.74) is -0.142. The second-order valence-corrected chi connectivity index (χ2v) is 28.5. The van der Waals surface area contributed by atoms with Gasteiger partial charge in [-0.15, -0.1) is 0 Å². The molecule has 1 saturated heterocycles. The van der Waals surface area contributed by atoms with E-state index in [2.05, 4.69) is 60.4 Å². The number of anilines is 1. The lowest BCUT2D eigenvalue weighted by Crippen LogP contribution is -2.64. The second-order valence-electron chi connectivity index (χ2n) is 22.8. The molecule has 3 heterocycles. The van der Waals surface area contributed by atoms with Crippen molar-refractivity contribution in [3.63, 3.8) is 0 Å². The van der Waals surface area contributed by atoms with Crippen molar-refractivity contribution in [3.05, 3.63) is 143 Å². The van der Waals surface area contributed by atoms with Gasteiger partial charge in [-0.2, -0.15) is 10.2 Å². The SMILES string of the molecule is COc1ccc(C(OC[C@H]2O[C@@H](n3cnc4c(=O)[nH]c(NC(=O)C(Oc5ccccc5)C(C)(C)C)nc43)[C@H](O[Si](C)(C)C(C)(C)C)[C@@H]2OP(O)N[N+](CCC#N)(C(C)C)C(C)C)(c2ccccc2)c2ccc(OC)cc2)cc1. The number of nitriles is 1. The van der Waals surface area contributed by atoms with Gasteiger partial charge in [0.25, 0.3) is 11.5 Å². The zero-order chi connectivity index (χ0) is 56.8. The number of H-pyrrole nitrogens is 1. The molecule has 4 N–H and O–H groups in total. The van der Waals surface area contributed by atoms with Crippen molar-refractivity contribution in [3.8, 4) is 23.3 Å². The Morgan fingerprint density at radius 2 is 1.40 bits per heavy atom. The van der Waals surface area contributed by atoms with Gasteiger partial charge < -0.3 is 37.5 Å². The molecule has 78 heavy (non-hydrogen) atoms. The maximum atomic E-state index is 14.2. The van der Waals surface area contributed by atoms with E-state index in [1.807, 2.05) is 146 Å². The summed E-state index contributed by atoms with van der Waals surface area (Å²) in [6, 6.07) is 36.4. The van der Waals surface area contributed by atoms with E-state index < -0.39 is 70.0 Å². The molecule has 6 atom stereocenters. The number of nitrogens with one attached hydrogen (secondary N) is 3. The summed E-state index contributed by atoms with van der Waals surface area (Å²) < 4.78 is 48.5. The van der Waals surface area contributed by atoms with Gasteiger partial charge in [0, 0.05) is 5.41 Å². The first-order valence-corrected chi connectivity index (χ1v) is 30.5. The number of methoxy groups -OCH3 is 2. The molecular weight excluding hydrogens is 1030 g/mol. The molecule has 18 nitrogen and oxygen atoms in total. The van der Waals surface area contributed by atoms with Crippen LogP contribution in [0, 0.1) is 16.7 Å². The number of para-hydroxylation sites is 1. The number of amides is 1. The summed E-state index contributed by atoms with van der Waals surface area (Å²) >= 11 is 0. The number of fused-ring (bicyclic) bond motifs is 1. The molecule has 0 bridgehead atoms. The number of hydrogen-bond donors (Lipinski definition) is 4. The van der Waals surface area contributed by atoms with Crippen LogP contribution in [0.3, 0.4) is 0 Å². The van der Waals surface area contributed by atoms with Crippen LogP contribution in [0.2, 0.25) is 18.1 Å². The number of ether oxygens (including phenoxy) is 5. The monoisotopic (exact) mass is 1110 g/mol. The number of carbonyl (C=O) groups excluding carboxylic acids is 1. The number of quaternary nitrogens is 1. The Kier molecular flexibility index (Phi) is 18.8. The fraction of sp³-hybridized carbons (Fsp3) is 0.466. The number of carbonyl (C=O) groups is 1. The number of imidazole rings is 1. The van der Waals surface area contributed by atoms with Gasteiger partial charge >= 0.3 is 8.53 Å². The van der Waals surface area contributed by atoms with Gasteiger partial charge in [-0.1, -0.05) is 120 Å². The van der Waals surface area contributed by atoms with Crippen LogP contribution >= 0.6 is 8.53 Å². The topological polar surface area (TPSA) is 213 Å². The summed E-state index contributed by atoms with van der Waals surface area (Å²) in [5, 5.41) is 15.7. The summed E-state index contributed by atoms with van der Waals surface area (Å²) in [7, 11) is -2.08. The molecular formula is C58H78N8O10PSi+. The molecule has 1 aliphatic rings. The maximum Gasteiger partial charge on any atom is 0.303 e. The Balaban J connectivity index is 1.39. The number of aromatic amines is 1. The van der Waals surface area contributed by atoms with Crippen LogP contribution in [0.25, 0.3) is 11.2 Å². The fourth-order valence-electron chi connectivity index (χ4n) is 9.66. The first kappa shape index (κ1) is 59.6. The predicted molar refractivity (Wildman–Crippen MR) is 304 cm³/mol. The molecule has 6 aromatic rings. The molecule has 0 aliphatic carbocycles. The lowest BCUT2D eigenvalue weighted by molar-refractivity contribution is -0.994. The van der Waals surface area contributed by atoms with Crippen LogP contribution < -0.4 is 30.3 Å². The van der Waals surface area contributed by atoms with Crippen molar-refractivity contribution >= 4 is 39.9 Å². The van der Waals surface area contributed by atoms with Crippen molar-refractivity contribution in [2.24, 2.45) is 5.41 Å². The smallest absolute Gasteiger partial charge is 0.303 e. The zero-order valence-electron chi connectivity index (χ0n) is 47.4. The second kappa shape index (κ2) is 24.5. The van der Waals surface area contributed by atoms with E-state index in [4.69, 9.17) is 37.6 Å². The van der Waals surface area contributed by atoms with E-state index >= 15 is 0 Å². The summed E-state index contributed by atoms with van der Waals surface area (Å²) in [6.07, 6.45) is -3.46. The molecule has 2 unspecified atom stereocenters. The van der Waals surface area contributed by atoms with Crippen LogP contribution in [0.15, 0.2) is 120 Å². The quantitative estimate of drug-likeness (QED) is 0.0155. The molecule has 418 valence electrons. The van der Waals surface area contributed by atoms with Gasteiger partial charge in [0.1, 0.15) is 59.8 Å². The molecule has 1 aliphatic heterocycles. The molecule has 0 saturated carbocycles. The molecule has 0 spiro atoms. The highest BCUT2D eigenvalue weighted by Crippen LogP contribution is 2.49. The van der Waals surface area contributed by atoms with Crippen LogP contribution in [-0.2, 0) is 28.8 Å². The van der Waals surface area contributed by atoms with Gasteiger partial charge in [-0.05, 0) is 98.9 Å². The van der Waals surface area contributed by atoms with Gasteiger partial charge in [0.05, 0.1) is 39.6 Å². The zero-order valence-corrected chi connectivity index (χ0v) is 49.3. The van der Waals surface area contributed by atoms with Gasteiger partial charge in [0.15, 0.2) is 31.8 Å². The van der Waals surface area contributed by atoms with Crippen LogP contribution in [-0.4, -0.2) is 107 Å². The molecule has 20 heteroatoms. The van der Waals surface area contributed by atoms with Crippen molar-refractivity contribution in [1.29, 1.82) is 5.26 Å². The normalized spacial score (nSPS) is 18.2. The Morgan fingerprint density at radius 3 is 1.91 bits per heavy atom. The van der Waals surface area contributed by atoms with E-state index in [0.29, 0.717) is 23.8 Å². The van der Waals surface area contributed by atoms with E-state index in [0.717, 1.165) is 16.7 Å². The Morgan fingerprint density at radius 1 is 0.846 bits per heavy atom. The Hall–Kier alpha value is -6.04. The van der Waals surface area contributed by atoms with E-state index in [9.17, 15) is 19.7 Å². The fourth-order valence-corrected chi connectivity index (χ4v) is 12.4. The lowest BCUT2D eigenvalue weighted by Gasteiger charge is -2.45. The predicted octanol–water partition coefficient (Wildman–Crippen LogP) is 10.5. The minimum absolute atomic E-state index is 0.0191. The molecule has 2 aromatic heterocycles. The third kappa shape index (κ3) is 12.8. The lowest BCUT2D eigenvalue weighted by atomic mass is 9.80. The summed E-state index contributed by atoms with van der Waals surface area (Å²) in [5.74, 6) is 1.14. The minimum Gasteiger partial charge on any atom is -0.497 e. The van der Waals surface area contributed by atoms with Crippen LogP contribution in [0.1, 0.15) is 98.6 Å². The third-order valence-electron chi connectivity index (χ3n) is 15.1. The Labute approximate surface area is 461 Å². The molecule has 0 radical (unpaired) electrons. The highest BCUT2D eigenvalue weighted by molar-refractivity contribution is 7.43. The Bertz CT molecular complexity index is 2980. The molecule has 1 amide bonds. The summed E-state index contributed by atoms with van der Waals surface area (Å²) in [6.45, 7) is 24.7. The van der Waals surface area contributed by atoms with Crippen LogP contribution in [0.5, 0.6) is 17.2 Å². The minimum atomic E-state index is -2.81. The highest BCUT2D eigenvalue weighted by atomic mass is 31.2. The first-order valence-electron chi connectivity index (χ1n) is 26.4. The van der Waals surface area contributed by atoms with E-state index in [1.54, 1.807) is 30.9 Å². The average molecular weight is 1110 g/mol. The number of benzene rings is 4. The largest absolute Gasteiger partial charge is 0.497 e. The van der Waals surface area contributed by atoms with Crippen molar-refractivity contribution in [1.82, 2.24) is 24.7 Å². The van der Waals surface area contributed by atoms with Gasteiger partial charge in [-0.3, -0.25) is 24.5 Å². The third-order valence-corrected chi connectivity index (χ3v) is 20.5. The highest BCUT2D eigenvalue weighted by Gasteiger charge is 2.55. The van der Waals surface area contributed by atoms with Crippen molar-refractivity contribution in [2.45, 2.75) is 142 Å². The van der Waals surface area contributed by atoms with Crippen LogP contribution in [0.4, 0.5) is 5.95 Å². The van der Waals surface area contributed by atoms with Gasteiger partial charge in [0.2, 0.25) is 5.95 Å². The number of aromatic nitrogens is 4. The number of hydrogen-bond acceptors (Lipinski definition) is 14. The standard InChI is InChI=1S/C58H77N8O10PSi/c1-38(2)66(39(3)4,35-21-34-59)64-77(69)75-48-46(36-72-58(40-22-17-15-18-23-40,41-26-30-43(70-11)31-27-41)42-28-32-44(71-12)33-29-42)74-54(49(48)76-78(13,14)57(8,9)10)65-37-60-47-51(65)61-55(62-52(47)67)63-53(68)50(56(5,6)7)73-45-24-19-16-20-25-45/h15-20,22-33,37-39,46,48-50,54,64,69H,21,35-36H2,1-14H3,(H-,61,62,63,67,68)/p+1/t46-,48-,49-,50?,54-,77?/m1/s1. The summed E-state index contributed by atoms with van der Waals surface area (Å²) in [4.78, 5) is 52.9. The average Bonchev–Trinajstić information content (AvgIpc) is 3.98. The molecule has 4 aromatic carbocycles. The molecule has 1 fully saturated rings. The van der Waals surface area contributed by atoms with Crippen molar-refractivity contribution in [2.75, 3.05) is 32.7 Å². The van der Waals surface area contributed by atoms with E-state index in [-0.39, 0.29) is 51.9 Å². The first-order chi connectivity index (χ1) is 36.9. The number of rotatable bonds is 23. The van der Waals surface area contributed by atoms with Crippen molar-refractivity contribution < 1.29 is 46.9 Å². The van der Waals surface area contributed by atoms with Gasteiger partial charge in [-0.25, -0.2) is 9.58 Å². The van der Waals surface area contributed by atoms with E-state index in [1.165, 1.54) is 6.33 Å². The molecule has 7 rings (SSSR count).